The molecule has 2 aromatic rings. The molecule has 17 heavy (non-hydrogen) atoms. The zero-order valence-electron chi connectivity index (χ0n) is 8.97. The van der Waals surface area contributed by atoms with E-state index in [0.29, 0.717) is 11.8 Å². The third kappa shape index (κ3) is 1.56. The minimum atomic E-state index is -0.792. The van der Waals surface area contributed by atoms with E-state index in [4.69, 9.17) is 0 Å². The van der Waals surface area contributed by atoms with Gasteiger partial charge in [0, 0.05) is 12.0 Å². The van der Waals surface area contributed by atoms with E-state index in [1.165, 1.54) is 6.07 Å². The van der Waals surface area contributed by atoms with Gasteiger partial charge in [-0.3, -0.25) is 10.1 Å². The minimum Gasteiger partial charge on any atom is -0.258 e. The van der Waals surface area contributed by atoms with Gasteiger partial charge in [-0.2, -0.15) is 0 Å². The molecule has 3 rings (SSSR count). The lowest BCUT2D eigenvalue weighted by Crippen LogP contribution is -1.92. The van der Waals surface area contributed by atoms with Crippen LogP contribution in [0.5, 0.6) is 0 Å². The highest BCUT2D eigenvalue weighted by atomic mass is 19.1. The molecular formula is C13H10FNO2. The Morgan fingerprint density at radius 2 is 1.82 bits per heavy atom. The van der Waals surface area contributed by atoms with Crippen molar-refractivity contribution in [1.82, 2.24) is 0 Å². The lowest BCUT2D eigenvalue weighted by atomic mass is 10.00. The summed E-state index contributed by atoms with van der Waals surface area (Å²) in [5.74, 6) is -0.0827. The minimum absolute atomic E-state index is 0.0827. The second kappa shape index (κ2) is 3.52. The number of non-ortho nitro benzene ring substituents is 1. The molecular weight excluding hydrogens is 221 g/mol. The van der Waals surface area contributed by atoms with Gasteiger partial charge in [-0.1, -0.05) is 24.3 Å². The largest absolute Gasteiger partial charge is 0.277 e. The predicted molar refractivity (Wildman–Crippen MR) is 62.9 cm³/mol. The predicted octanol–water partition coefficient (Wildman–Crippen LogP) is 3.57. The first-order chi connectivity index (χ1) is 8.18. The number of fused-ring (bicyclic) bond motifs is 1. The molecule has 1 saturated carbocycles. The van der Waals surface area contributed by atoms with Crippen LogP contribution in [0, 0.1) is 10.1 Å². The fourth-order valence-electron chi connectivity index (χ4n) is 2.27. The summed E-state index contributed by atoms with van der Waals surface area (Å²) in [5, 5.41) is 12.3. The third-order valence-corrected chi connectivity index (χ3v) is 3.24. The van der Waals surface area contributed by atoms with Crippen LogP contribution in [0.1, 0.15) is 17.9 Å². The fraction of sp³-hybridized carbons (Fsp3) is 0.231. The Labute approximate surface area is 97.0 Å². The number of hydrogen-bond donors (Lipinski definition) is 0. The van der Waals surface area contributed by atoms with Crippen LogP contribution in [0.25, 0.3) is 10.8 Å². The highest BCUT2D eigenvalue weighted by molar-refractivity contribution is 5.93. The molecule has 0 heterocycles. The van der Waals surface area contributed by atoms with Crippen molar-refractivity contribution in [3.8, 4) is 0 Å². The molecule has 1 aliphatic carbocycles. The van der Waals surface area contributed by atoms with Gasteiger partial charge in [0.1, 0.15) is 6.17 Å². The fourth-order valence-corrected chi connectivity index (χ4v) is 2.27. The number of rotatable bonds is 2. The number of nitro groups is 1. The Morgan fingerprint density at radius 1 is 1.18 bits per heavy atom. The SMILES string of the molecule is O=[N+]([O-])c1ccc(C2CC2F)c2ccccc12. The molecule has 2 aromatic carbocycles. The average molecular weight is 231 g/mol. The van der Waals surface area contributed by atoms with Crippen LogP contribution in [0.4, 0.5) is 10.1 Å². The van der Waals surface area contributed by atoms with Gasteiger partial charge in [-0.05, 0) is 23.4 Å². The van der Waals surface area contributed by atoms with Gasteiger partial charge in [0.25, 0.3) is 5.69 Å². The monoisotopic (exact) mass is 231 g/mol. The average Bonchev–Trinajstić information content (AvgIpc) is 3.04. The lowest BCUT2D eigenvalue weighted by Gasteiger charge is -2.05. The Balaban J connectivity index is 2.27. The Kier molecular flexibility index (Phi) is 2.11. The van der Waals surface area contributed by atoms with Crippen LogP contribution in [0.15, 0.2) is 36.4 Å². The van der Waals surface area contributed by atoms with E-state index in [0.717, 1.165) is 10.9 Å². The van der Waals surface area contributed by atoms with E-state index in [1.807, 2.05) is 12.1 Å². The number of halogens is 1. The molecule has 0 saturated heterocycles. The topological polar surface area (TPSA) is 43.1 Å². The molecule has 0 N–H and O–H groups in total. The second-order valence-electron chi connectivity index (χ2n) is 4.33. The third-order valence-electron chi connectivity index (χ3n) is 3.24. The van der Waals surface area contributed by atoms with Gasteiger partial charge in [-0.15, -0.1) is 0 Å². The number of nitro benzene ring substituents is 1. The lowest BCUT2D eigenvalue weighted by molar-refractivity contribution is -0.383. The maximum absolute atomic E-state index is 13.1. The van der Waals surface area contributed by atoms with E-state index in [-0.39, 0.29) is 11.6 Å². The quantitative estimate of drug-likeness (QED) is 0.585. The summed E-state index contributed by atoms with van der Waals surface area (Å²) in [5.41, 5.74) is 0.971. The summed E-state index contributed by atoms with van der Waals surface area (Å²) < 4.78 is 13.1. The molecule has 0 radical (unpaired) electrons. The Bertz CT molecular complexity index is 611. The first-order valence-corrected chi connectivity index (χ1v) is 5.48. The first kappa shape index (κ1) is 10.2. The molecule has 86 valence electrons. The summed E-state index contributed by atoms with van der Waals surface area (Å²) in [4.78, 5) is 10.5. The number of hydrogen-bond acceptors (Lipinski definition) is 2. The molecule has 0 aliphatic heterocycles. The maximum atomic E-state index is 13.1. The number of nitrogens with zero attached hydrogens (tertiary/aromatic N) is 1. The van der Waals surface area contributed by atoms with Crippen molar-refractivity contribution in [2.75, 3.05) is 0 Å². The van der Waals surface area contributed by atoms with Gasteiger partial charge in [-0.25, -0.2) is 4.39 Å². The van der Waals surface area contributed by atoms with Gasteiger partial charge >= 0.3 is 0 Å². The van der Waals surface area contributed by atoms with Gasteiger partial charge in [0.15, 0.2) is 0 Å². The van der Waals surface area contributed by atoms with E-state index >= 15 is 0 Å². The van der Waals surface area contributed by atoms with E-state index in [2.05, 4.69) is 0 Å². The van der Waals surface area contributed by atoms with Gasteiger partial charge < -0.3 is 0 Å². The maximum Gasteiger partial charge on any atom is 0.277 e. The van der Waals surface area contributed by atoms with Crippen LogP contribution in [-0.2, 0) is 0 Å². The Hall–Kier alpha value is -1.97. The van der Waals surface area contributed by atoms with E-state index < -0.39 is 11.1 Å². The summed E-state index contributed by atoms with van der Waals surface area (Å²) in [6, 6.07) is 10.3. The zero-order chi connectivity index (χ0) is 12.0. The highest BCUT2D eigenvalue weighted by Crippen LogP contribution is 2.46. The summed E-state index contributed by atoms with van der Waals surface area (Å²) in [6.07, 6.45) is -0.262. The molecule has 0 aromatic heterocycles. The molecule has 0 bridgehead atoms. The first-order valence-electron chi connectivity index (χ1n) is 5.48. The molecule has 3 nitrogen and oxygen atoms in total. The van der Waals surface area contributed by atoms with Crippen molar-refractivity contribution < 1.29 is 9.31 Å². The Morgan fingerprint density at radius 3 is 2.41 bits per heavy atom. The van der Waals surface area contributed by atoms with Crippen LogP contribution in [-0.4, -0.2) is 11.1 Å². The van der Waals surface area contributed by atoms with E-state index in [1.54, 1.807) is 18.2 Å². The van der Waals surface area contributed by atoms with Gasteiger partial charge in [0.2, 0.25) is 0 Å². The van der Waals surface area contributed by atoms with Crippen molar-refractivity contribution in [1.29, 1.82) is 0 Å². The van der Waals surface area contributed by atoms with Crippen LogP contribution >= 0.6 is 0 Å². The van der Waals surface area contributed by atoms with Crippen LogP contribution < -0.4 is 0 Å². The molecule has 1 fully saturated rings. The smallest absolute Gasteiger partial charge is 0.258 e. The van der Waals surface area contributed by atoms with Crippen LogP contribution in [0.3, 0.4) is 0 Å². The number of alkyl halides is 1. The van der Waals surface area contributed by atoms with E-state index in [9.17, 15) is 14.5 Å². The molecule has 0 amide bonds. The van der Waals surface area contributed by atoms with Crippen molar-refractivity contribution in [3.63, 3.8) is 0 Å². The standard InChI is InChI=1S/C13H10FNO2/c14-12-7-11(12)9-5-6-13(15(16)17)10-4-2-1-3-8(9)10/h1-6,11-12H,7H2. The van der Waals surface area contributed by atoms with Crippen molar-refractivity contribution >= 4 is 16.5 Å². The van der Waals surface area contributed by atoms with Gasteiger partial charge in [0.05, 0.1) is 10.3 Å². The summed E-state index contributed by atoms with van der Waals surface area (Å²) in [7, 11) is 0. The number of benzene rings is 2. The van der Waals surface area contributed by atoms with Crippen molar-refractivity contribution in [2.45, 2.75) is 18.5 Å². The zero-order valence-corrected chi connectivity index (χ0v) is 8.97. The normalized spacial score (nSPS) is 22.6. The highest BCUT2D eigenvalue weighted by Gasteiger charge is 2.40. The summed E-state index contributed by atoms with van der Waals surface area (Å²) in [6.45, 7) is 0. The molecule has 2 unspecified atom stereocenters. The molecule has 4 heteroatoms. The molecule has 1 aliphatic rings. The van der Waals surface area contributed by atoms with Crippen LogP contribution in [0.2, 0.25) is 0 Å². The van der Waals surface area contributed by atoms with Crippen molar-refractivity contribution in [3.05, 3.63) is 52.1 Å². The molecule has 0 spiro atoms. The second-order valence-corrected chi connectivity index (χ2v) is 4.33. The summed E-state index contributed by atoms with van der Waals surface area (Å²) >= 11 is 0. The van der Waals surface area contributed by atoms with Crippen molar-refractivity contribution in [2.24, 2.45) is 0 Å². The molecule has 2 atom stereocenters.